The highest BCUT2D eigenvalue weighted by atomic mass is 16.3. The molecule has 1 amide bonds. The van der Waals surface area contributed by atoms with Crippen molar-refractivity contribution in [2.24, 2.45) is 0 Å². The van der Waals surface area contributed by atoms with E-state index in [-0.39, 0.29) is 5.91 Å². The molecule has 0 fully saturated rings. The van der Waals surface area contributed by atoms with Crippen LogP contribution in [0.15, 0.2) is 28.9 Å². The molecular weight excluding hydrogens is 244 g/mol. The summed E-state index contributed by atoms with van der Waals surface area (Å²) in [6.45, 7) is 4.45. The van der Waals surface area contributed by atoms with Crippen LogP contribution in [0.2, 0.25) is 0 Å². The molecule has 6 heteroatoms. The Morgan fingerprint density at radius 3 is 3.11 bits per heavy atom. The van der Waals surface area contributed by atoms with Crippen LogP contribution in [-0.4, -0.2) is 47.7 Å². The lowest BCUT2D eigenvalue weighted by molar-refractivity contribution is 0.0945. The number of aromatic amines is 1. The largest absolute Gasteiger partial charge is 0.463 e. The van der Waals surface area contributed by atoms with E-state index < -0.39 is 0 Å². The Kier molecular flexibility index (Phi) is 4.35. The Hall–Kier alpha value is -2.08. The van der Waals surface area contributed by atoms with Crippen molar-refractivity contribution < 1.29 is 9.21 Å². The number of carbonyl (C=O) groups is 1. The third kappa shape index (κ3) is 3.45. The average molecular weight is 262 g/mol. The molecular formula is C13H18N4O2. The predicted molar refractivity (Wildman–Crippen MR) is 71.8 cm³/mol. The number of amides is 1. The van der Waals surface area contributed by atoms with Crippen LogP contribution in [0, 0.1) is 0 Å². The zero-order chi connectivity index (χ0) is 13.7. The zero-order valence-electron chi connectivity index (χ0n) is 11.1. The van der Waals surface area contributed by atoms with E-state index >= 15 is 0 Å². The first-order chi connectivity index (χ1) is 9.20. The van der Waals surface area contributed by atoms with E-state index in [1.807, 2.05) is 13.1 Å². The van der Waals surface area contributed by atoms with Gasteiger partial charge in [0, 0.05) is 19.2 Å². The molecule has 2 heterocycles. The molecule has 0 aliphatic rings. The summed E-state index contributed by atoms with van der Waals surface area (Å²) in [5, 5.41) is 9.59. The van der Waals surface area contributed by atoms with Crippen LogP contribution >= 0.6 is 0 Å². The van der Waals surface area contributed by atoms with Crippen LogP contribution in [0.25, 0.3) is 11.5 Å². The fraction of sp³-hybridized carbons (Fsp3) is 0.385. The SMILES string of the molecule is CCN(C)CCNC(=O)c1cc(-c2ccco2)[nH]n1. The quantitative estimate of drug-likeness (QED) is 0.824. The van der Waals surface area contributed by atoms with E-state index in [0.717, 1.165) is 13.1 Å². The summed E-state index contributed by atoms with van der Waals surface area (Å²) in [5.41, 5.74) is 1.06. The number of nitrogens with one attached hydrogen (secondary N) is 2. The van der Waals surface area contributed by atoms with Gasteiger partial charge in [0.15, 0.2) is 11.5 Å². The standard InChI is InChI=1S/C13H18N4O2/c1-3-17(2)7-6-14-13(18)11-9-10(15-16-11)12-5-4-8-19-12/h4-5,8-9H,3,6-7H2,1-2H3,(H,14,18)(H,15,16). The molecule has 19 heavy (non-hydrogen) atoms. The lowest BCUT2D eigenvalue weighted by Crippen LogP contribution is -2.33. The number of hydrogen-bond acceptors (Lipinski definition) is 4. The van der Waals surface area contributed by atoms with Gasteiger partial charge in [0.05, 0.1) is 6.26 Å². The molecule has 0 saturated carbocycles. The first-order valence-electron chi connectivity index (χ1n) is 6.26. The number of carbonyl (C=O) groups excluding carboxylic acids is 1. The predicted octanol–water partition coefficient (Wildman–Crippen LogP) is 1.35. The molecule has 0 atom stereocenters. The van der Waals surface area contributed by atoms with Gasteiger partial charge in [0.1, 0.15) is 5.69 Å². The van der Waals surface area contributed by atoms with Crippen LogP contribution in [0.5, 0.6) is 0 Å². The summed E-state index contributed by atoms with van der Waals surface area (Å²) in [7, 11) is 2.01. The maximum atomic E-state index is 11.9. The minimum Gasteiger partial charge on any atom is -0.463 e. The molecule has 0 bridgehead atoms. The summed E-state index contributed by atoms with van der Waals surface area (Å²) in [6, 6.07) is 5.28. The monoisotopic (exact) mass is 262 g/mol. The minimum absolute atomic E-state index is 0.182. The van der Waals surface area contributed by atoms with Crippen molar-refractivity contribution in [1.82, 2.24) is 20.4 Å². The minimum atomic E-state index is -0.182. The molecule has 0 aliphatic heterocycles. The van der Waals surface area contributed by atoms with Crippen molar-refractivity contribution in [3.05, 3.63) is 30.2 Å². The van der Waals surface area contributed by atoms with Crippen molar-refractivity contribution >= 4 is 5.91 Å². The van der Waals surface area contributed by atoms with E-state index in [0.29, 0.717) is 23.7 Å². The molecule has 2 N–H and O–H groups in total. The number of likely N-dealkylation sites (N-methyl/N-ethyl adjacent to an activating group) is 1. The second-order valence-electron chi connectivity index (χ2n) is 4.30. The zero-order valence-corrected chi connectivity index (χ0v) is 11.1. The van der Waals surface area contributed by atoms with Crippen LogP contribution in [0.4, 0.5) is 0 Å². The normalized spacial score (nSPS) is 10.9. The smallest absolute Gasteiger partial charge is 0.271 e. The van der Waals surface area contributed by atoms with Crippen LogP contribution < -0.4 is 5.32 Å². The van der Waals surface area contributed by atoms with Crippen LogP contribution in [0.3, 0.4) is 0 Å². The van der Waals surface area contributed by atoms with Crippen LogP contribution in [0.1, 0.15) is 17.4 Å². The molecule has 0 unspecified atom stereocenters. The Labute approximate surface area is 111 Å². The van der Waals surface area contributed by atoms with Gasteiger partial charge < -0.3 is 14.6 Å². The summed E-state index contributed by atoms with van der Waals surface area (Å²) in [6.07, 6.45) is 1.58. The Morgan fingerprint density at radius 1 is 1.58 bits per heavy atom. The number of hydrogen-bond donors (Lipinski definition) is 2. The third-order valence-corrected chi connectivity index (χ3v) is 2.92. The number of rotatable bonds is 6. The molecule has 2 rings (SSSR count). The van der Waals surface area contributed by atoms with Gasteiger partial charge in [-0.1, -0.05) is 6.92 Å². The molecule has 2 aromatic heterocycles. The highest BCUT2D eigenvalue weighted by Crippen LogP contribution is 2.17. The van der Waals surface area contributed by atoms with Gasteiger partial charge in [-0.05, 0) is 25.7 Å². The molecule has 2 aromatic rings. The van der Waals surface area contributed by atoms with Crippen LogP contribution in [-0.2, 0) is 0 Å². The first kappa shape index (κ1) is 13.4. The fourth-order valence-electron chi connectivity index (χ4n) is 1.61. The average Bonchev–Trinajstić information content (AvgIpc) is 3.08. The lowest BCUT2D eigenvalue weighted by Gasteiger charge is -2.13. The Balaban J connectivity index is 1.90. The topological polar surface area (TPSA) is 74.2 Å². The summed E-state index contributed by atoms with van der Waals surface area (Å²) in [5.74, 6) is 0.482. The van der Waals surface area contributed by atoms with Gasteiger partial charge in [-0.15, -0.1) is 0 Å². The summed E-state index contributed by atoms with van der Waals surface area (Å²) < 4.78 is 5.23. The first-order valence-corrected chi connectivity index (χ1v) is 6.26. The third-order valence-electron chi connectivity index (χ3n) is 2.92. The lowest BCUT2D eigenvalue weighted by atomic mass is 10.3. The van der Waals surface area contributed by atoms with Crippen molar-refractivity contribution in [3.63, 3.8) is 0 Å². The van der Waals surface area contributed by atoms with Gasteiger partial charge in [0.25, 0.3) is 5.91 Å². The van der Waals surface area contributed by atoms with Gasteiger partial charge in [-0.25, -0.2) is 0 Å². The molecule has 0 aliphatic carbocycles. The molecule has 0 radical (unpaired) electrons. The van der Waals surface area contributed by atoms with E-state index in [2.05, 4.69) is 27.3 Å². The molecule has 0 saturated heterocycles. The summed E-state index contributed by atoms with van der Waals surface area (Å²) in [4.78, 5) is 14.0. The van der Waals surface area contributed by atoms with Crippen molar-refractivity contribution in [1.29, 1.82) is 0 Å². The van der Waals surface area contributed by atoms with Gasteiger partial charge in [-0.2, -0.15) is 5.10 Å². The van der Waals surface area contributed by atoms with Gasteiger partial charge in [0.2, 0.25) is 0 Å². The number of furan rings is 1. The number of nitrogens with zero attached hydrogens (tertiary/aromatic N) is 2. The fourth-order valence-corrected chi connectivity index (χ4v) is 1.61. The Morgan fingerprint density at radius 2 is 2.42 bits per heavy atom. The molecule has 0 aromatic carbocycles. The summed E-state index contributed by atoms with van der Waals surface area (Å²) >= 11 is 0. The van der Waals surface area contributed by atoms with Gasteiger partial charge in [-0.3, -0.25) is 9.89 Å². The van der Waals surface area contributed by atoms with Crippen molar-refractivity contribution in [2.45, 2.75) is 6.92 Å². The maximum absolute atomic E-state index is 11.9. The Bertz CT molecular complexity index is 518. The van der Waals surface area contributed by atoms with E-state index in [1.165, 1.54) is 0 Å². The number of aromatic nitrogens is 2. The van der Waals surface area contributed by atoms with E-state index in [1.54, 1.807) is 18.4 Å². The highest BCUT2D eigenvalue weighted by molar-refractivity contribution is 5.93. The maximum Gasteiger partial charge on any atom is 0.271 e. The second-order valence-corrected chi connectivity index (χ2v) is 4.30. The van der Waals surface area contributed by atoms with Gasteiger partial charge >= 0.3 is 0 Å². The number of H-pyrrole nitrogens is 1. The van der Waals surface area contributed by atoms with E-state index in [9.17, 15) is 4.79 Å². The molecule has 102 valence electrons. The molecule has 6 nitrogen and oxygen atoms in total. The van der Waals surface area contributed by atoms with Crippen molar-refractivity contribution in [3.8, 4) is 11.5 Å². The molecule has 0 spiro atoms. The van der Waals surface area contributed by atoms with E-state index in [4.69, 9.17) is 4.42 Å². The van der Waals surface area contributed by atoms with Crippen molar-refractivity contribution in [2.75, 3.05) is 26.7 Å². The highest BCUT2D eigenvalue weighted by Gasteiger charge is 2.12. The second kappa shape index (κ2) is 6.19.